The number of ketones is 1. The van der Waals surface area contributed by atoms with Crippen LogP contribution in [0.1, 0.15) is 12.8 Å². The number of hydrogen-bond donors (Lipinski definition) is 0. The average molecular weight is 259 g/mol. The molecule has 1 amide bonds. The Hall–Kier alpha value is -0.980. The Labute approximate surface area is 107 Å². The van der Waals surface area contributed by atoms with Crippen LogP contribution in [0.4, 0.5) is 0 Å². The Kier molecular flexibility index (Phi) is 7.55. The molecule has 0 aliphatic carbocycles. The van der Waals surface area contributed by atoms with E-state index in [9.17, 15) is 9.59 Å². The maximum Gasteiger partial charge on any atom is 0.248 e. The van der Waals surface area contributed by atoms with Crippen LogP contribution in [-0.2, 0) is 23.8 Å². The minimum absolute atomic E-state index is 0.0561. The second-order valence-corrected chi connectivity index (χ2v) is 4.08. The summed E-state index contributed by atoms with van der Waals surface area (Å²) in [6, 6.07) is 0. The summed E-state index contributed by atoms with van der Waals surface area (Å²) >= 11 is 0. The molecule has 0 spiro atoms. The van der Waals surface area contributed by atoms with E-state index in [0.717, 1.165) is 0 Å². The SMILES string of the molecule is COCCOCCOCC(=O)N1CCC(=O)CC1. The third-order valence-electron chi connectivity index (χ3n) is 2.70. The molecule has 0 aromatic carbocycles. The fourth-order valence-electron chi connectivity index (χ4n) is 1.62. The van der Waals surface area contributed by atoms with Gasteiger partial charge in [-0.2, -0.15) is 0 Å². The van der Waals surface area contributed by atoms with Crippen molar-refractivity contribution in [3.05, 3.63) is 0 Å². The van der Waals surface area contributed by atoms with E-state index in [4.69, 9.17) is 14.2 Å². The molecule has 18 heavy (non-hydrogen) atoms. The van der Waals surface area contributed by atoms with Crippen molar-refractivity contribution >= 4 is 11.7 Å². The zero-order chi connectivity index (χ0) is 13.2. The van der Waals surface area contributed by atoms with E-state index in [-0.39, 0.29) is 18.3 Å². The van der Waals surface area contributed by atoms with Crippen molar-refractivity contribution in [3.63, 3.8) is 0 Å². The van der Waals surface area contributed by atoms with Gasteiger partial charge in [0.2, 0.25) is 5.91 Å². The lowest BCUT2D eigenvalue weighted by Gasteiger charge is -2.25. The molecule has 6 nitrogen and oxygen atoms in total. The molecule has 1 saturated heterocycles. The smallest absolute Gasteiger partial charge is 0.248 e. The van der Waals surface area contributed by atoms with Crippen molar-refractivity contribution in [2.45, 2.75) is 12.8 Å². The number of ether oxygens (including phenoxy) is 3. The highest BCUT2D eigenvalue weighted by Crippen LogP contribution is 2.05. The van der Waals surface area contributed by atoms with Crippen molar-refractivity contribution < 1.29 is 23.8 Å². The summed E-state index contributed by atoms with van der Waals surface area (Å²) in [5.74, 6) is 0.172. The summed E-state index contributed by atoms with van der Waals surface area (Å²) in [4.78, 5) is 24.4. The second kappa shape index (κ2) is 9.02. The van der Waals surface area contributed by atoms with Crippen LogP contribution in [0.15, 0.2) is 0 Å². The fourth-order valence-corrected chi connectivity index (χ4v) is 1.62. The van der Waals surface area contributed by atoms with Crippen molar-refractivity contribution in [1.82, 2.24) is 4.90 Å². The van der Waals surface area contributed by atoms with Crippen molar-refractivity contribution in [2.24, 2.45) is 0 Å². The van der Waals surface area contributed by atoms with Crippen molar-refractivity contribution in [1.29, 1.82) is 0 Å². The number of hydrogen-bond acceptors (Lipinski definition) is 5. The Morgan fingerprint density at radius 3 is 2.39 bits per heavy atom. The number of carbonyl (C=O) groups excluding carboxylic acids is 2. The molecule has 0 aromatic rings. The van der Waals surface area contributed by atoms with Gasteiger partial charge in [0.15, 0.2) is 0 Å². The van der Waals surface area contributed by atoms with Gasteiger partial charge in [0.25, 0.3) is 0 Å². The molecule has 0 saturated carbocycles. The lowest BCUT2D eigenvalue weighted by atomic mass is 10.1. The first-order valence-electron chi connectivity index (χ1n) is 6.18. The number of amides is 1. The summed E-state index contributed by atoms with van der Waals surface area (Å²) in [5.41, 5.74) is 0. The Balaban J connectivity index is 1.98. The molecular weight excluding hydrogens is 238 g/mol. The normalized spacial score (nSPS) is 16.1. The molecular formula is C12H21NO5. The molecule has 0 atom stereocenters. The predicted octanol–water partition coefficient (Wildman–Crippen LogP) is -0.142. The van der Waals surface area contributed by atoms with Gasteiger partial charge in [-0.1, -0.05) is 0 Å². The molecule has 104 valence electrons. The van der Waals surface area contributed by atoms with Gasteiger partial charge >= 0.3 is 0 Å². The van der Waals surface area contributed by atoms with Gasteiger partial charge in [-0.05, 0) is 0 Å². The topological polar surface area (TPSA) is 65.1 Å². The van der Waals surface area contributed by atoms with E-state index < -0.39 is 0 Å². The first-order valence-corrected chi connectivity index (χ1v) is 6.18. The lowest BCUT2D eigenvalue weighted by Crippen LogP contribution is -2.40. The number of Topliss-reactive ketones (excluding diaryl/α,β-unsaturated/α-hetero) is 1. The van der Waals surface area contributed by atoms with Gasteiger partial charge < -0.3 is 19.1 Å². The summed E-state index contributed by atoms with van der Waals surface area (Å²) in [7, 11) is 1.61. The zero-order valence-electron chi connectivity index (χ0n) is 10.9. The number of methoxy groups -OCH3 is 1. The Bertz CT molecular complexity index is 259. The highest BCUT2D eigenvalue weighted by atomic mass is 16.5. The van der Waals surface area contributed by atoms with Crippen LogP contribution in [0.3, 0.4) is 0 Å². The Morgan fingerprint density at radius 1 is 1.11 bits per heavy atom. The van der Waals surface area contributed by atoms with Gasteiger partial charge in [0.05, 0.1) is 26.4 Å². The van der Waals surface area contributed by atoms with Gasteiger partial charge in [-0.25, -0.2) is 0 Å². The van der Waals surface area contributed by atoms with Gasteiger partial charge in [0.1, 0.15) is 12.4 Å². The van der Waals surface area contributed by atoms with Crippen LogP contribution in [-0.4, -0.2) is 69.8 Å². The largest absolute Gasteiger partial charge is 0.382 e. The monoisotopic (exact) mass is 259 g/mol. The summed E-state index contributed by atoms with van der Waals surface area (Å²) in [6.07, 6.45) is 0.928. The molecule has 0 unspecified atom stereocenters. The van der Waals surface area contributed by atoms with Crippen LogP contribution in [0.2, 0.25) is 0 Å². The average Bonchev–Trinajstić information content (AvgIpc) is 2.38. The first-order chi connectivity index (χ1) is 8.74. The van der Waals surface area contributed by atoms with E-state index in [0.29, 0.717) is 52.4 Å². The van der Waals surface area contributed by atoms with Gasteiger partial charge in [-0.15, -0.1) is 0 Å². The molecule has 6 heteroatoms. The molecule has 1 aliphatic heterocycles. The van der Waals surface area contributed by atoms with Gasteiger partial charge in [0, 0.05) is 33.0 Å². The summed E-state index contributed by atoms with van der Waals surface area (Å²) < 4.78 is 15.2. The molecule has 0 radical (unpaired) electrons. The molecule has 1 heterocycles. The quantitative estimate of drug-likeness (QED) is 0.568. The second-order valence-electron chi connectivity index (χ2n) is 4.08. The predicted molar refractivity (Wildman–Crippen MR) is 64.3 cm³/mol. The molecule has 1 fully saturated rings. The van der Waals surface area contributed by atoms with Crippen LogP contribution in [0, 0.1) is 0 Å². The van der Waals surface area contributed by atoms with Crippen LogP contribution in [0.25, 0.3) is 0 Å². The Morgan fingerprint density at radius 2 is 1.72 bits per heavy atom. The third kappa shape index (κ3) is 6.09. The molecule has 0 bridgehead atoms. The van der Waals surface area contributed by atoms with Crippen LogP contribution in [0.5, 0.6) is 0 Å². The minimum atomic E-state index is -0.0561. The van der Waals surface area contributed by atoms with E-state index in [1.165, 1.54) is 0 Å². The summed E-state index contributed by atoms with van der Waals surface area (Å²) in [6.45, 7) is 3.03. The van der Waals surface area contributed by atoms with Crippen LogP contribution >= 0.6 is 0 Å². The van der Waals surface area contributed by atoms with Crippen LogP contribution < -0.4 is 0 Å². The maximum atomic E-state index is 11.7. The highest BCUT2D eigenvalue weighted by molar-refractivity contribution is 5.83. The van der Waals surface area contributed by atoms with E-state index in [1.54, 1.807) is 12.0 Å². The summed E-state index contributed by atoms with van der Waals surface area (Å²) in [5, 5.41) is 0. The molecule has 1 rings (SSSR count). The minimum Gasteiger partial charge on any atom is -0.382 e. The molecule has 0 aromatic heterocycles. The highest BCUT2D eigenvalue weighted by Gasteiger charge is 2.20. The fraction of sp³-hybridized carbons (Fsp3) is 0.833. The van der Waals surface area contributed by atoms with E-state index >= 15 is 0 Å². The first kappa shape index (κ1) is 15.1. The van der Waals surface area contributed by atoms with E-state index in [2.05, 4.69) is 0 Å². The lowest BCUT2D eigenvalue weighted by molar-refractivity contribution is -0.139. The number of rotatable bonds is 8. The van der Waals surface area contributed by atoms with Gasteiger partial charge in [-0.3, -0.25) is 9.59 Å². The molecule has 1 aliphatic rings. The standard InChI is InChI=1S/C12H21NO5/c1-16-6-7-17-8-9-18-10-12(15)13-4-2-11(14)3-5-13/h2-10H2,1H3. The third-order valence-corrected chi connectivity index (χ3v) is 2.70. The molecule has 0 N–H and O–H groups in total. The number of nitrogens with zero attached hydrogens (tertiary/aromatic N) is 1. The number of carbonyl (C=O) groups is 2. The van der Waals surface area contributed by atoms with Crippen molar-refractivity contribution in [3.8, 4) is 0 Å². The maximum absolute atomic E-state index is 11.7. The number of piperidine rings is 1. The van der Waals surface area contributed by atoms with Crippen molar-refractivity contribution in [2.75, 3.05) is 53.2 Å². The number of likely N-dealkylation sites (tertiary alicyclic amines) is 1. The zero-order valence-corrected chi connectivity index (χ0v) is 10.9. The van der Waals surface area contributed by atoms with E-state index in [1.807, 2.05) is 0 Å².